The number of benzene rings is 5. The van der Waals surface area contributed by atoms with E-state index in [1.165, 1.54) is 50.1 Å². The number of anilines is 6. The Morgan fingerprint density at radius 2 is 1.10 bits per heavy atom. The normalized spacial score (nSPS) is 12.8. The molecule has 4 nitrogen and oxygen atoms in total. The maximum atomic E-state index is 4.45. The molecule has 7 aromatic rings. The van der Waals surface area contributed by atoms with Gasteiger partial charge in [0.25, 0.3) is 0 Å². The molecule has 0 radical (unpaired) electrons. The van der Waals surface area contributed by atoms with Crippen LogP contribution in [0.1, 0.15) is 16.7 Å². The number of pyridine rings is 2. The molecule has 9 rings (SSSR count). The predicted octanol–water partition coefficient (Wildman–Crippen LogP) is 8.82. The second-order valence-electron chi connectivity index (χ2n) is 12.9. The Bertz CT molecular complexity index is 2330. The molecule has 0 saturated heterocycles. The fourth-order valence-electron chi connectivity index (χ4n) is 8.00. The lowest BCUT2D eigenvalue weighted by Crippen LogP contribution is -2.59. The number of nitrogens with zero attached hydrogens (tertiary/aromatic N) is 4. The van der Waals surface area contributed by atoms with Gasteiger partial charge in [-0.3, -0.25) is 9.97 Å². The first-order valence-electron chi connectivity index (χ1n) is 16.5. The van der Waals surface area contributed by atoms with Crippen LogP contribution in [0.5, 0.6) is 0 Å². The molecule has 5 aromatic carbocycles. The average molecular weight is 617 g/mol. The van der Waals surface area contributed by atoms with Crippen molar-refractivity contribution < 1.29 is 0 Å². The summed E-state index contributed by atoms with van der Waals surface area (Å²) in [5.41, 5.74) is 19.5. The van der Waals surface area contributed by atoms with E-state index in [1.807, 2.05) is 36.9 Å². The van der Waals surface area contributed by atoms with Gasteiger partial charge in [-0.25, -0.2) is 0 Å². The van der Waals surface area contributed by atoms with Crippen molar-refractivity contribution in [3.63, 3.8) is 0 Å². The Morgan fingerprint density at radius 3 is 1.79 bits per heavy atom. The van der Waals surface area contributed by atoms with Crippen molar-refractivity contribution >= 4 is 57.2 Å². The first-order valence-corrected chi connectivity index (χ1v) is 16.5. The summed E-state index contributed by atoms with van der Waals surface area (Å²) in [4.78, 5) is 13.8. The SMILES string of the molecule is Cc1cc(C)c(B2c3ccc(-c4cccnc4)cc3N3c4ccccc4N(c4cccc(-c5cccnc5)c4)c4cccc2c43)c(C)c1. The molecular formula is C43H33BN4. The minimum Gasteiger partial charge on any atom is -0.307 e. The monoisotopic (exact) mass is 616 g/mol. The zero-order chi connectivity index (χ0) is 32.4. The maximum absolute atomic E-state index is 4.45. The molecule has 0 bridgehead atoms. The fourth-order valence-corrected chi connectivity index (χ4v) is 8.00. The van der Waals surface area contributed by atoms with Gasteiger partial charge in [0, 0.05) is 47.3 Å². The van der Waals surface area contributed by atoms with Crippen LogP contribution in [0, 0.1) is 20.8 Å². The maximum Gasteiger partial charge on any atom is 0.247 e. The molecule has 0 aliphatic carbocycles. The molecule has 2 aromatic heterocycles. The molecule has 0 fully saturated rings. The highest BCUT2D eigenvalue weighted by molar-refractivity contribution is 6.98. The van der Waals surface area contributed by atoms with Crippen molar-refractivity contribution in [3.05, 3.63) is 163 Å². The topological polar surface area (TPSA) is 32.3 Å². The Morgan fingerprint density at radius 1 is 0.479 bits per heavy atom. The number of para-hydroxylation sites is 3. The van der Waals surface area contributed by atoms with Crippen LogP contribution < -0.4 is 26.2 Å². The van der Waals surface area contributed by atoms with Crippen LogP contribution in [0.3, 0.4) is 0 Å². The van der Waals surface area contributed by atoms with Gasteiger partial charge >= 0.3 is 0 Å². The van der Waals surface area contributed by atoms with Crippen molar-refractivity contribution in [2.24, 2.45) is 0 Å². The molecule has 48 heavy (non-hydrogen) atoms. The summed E-state index contributed by atoms with van der Waals surface area (Å²) in [5.74, 6) is 0. The van der Waals surface area contributed by atoms with E-state index in [9.17, 15) is 0 Å². The molecule has 5 heteroatoms. The number of aryl methyl sites for hydroxylation is 3. The van der Waals surface area contributed by atoms with Gasteiger partial charge in [0.05, 0.1) is 22.7 Å². The van der Waals surface area contributed by atoms with Crippen molar-refractivity contribution in [2.45, 2.75) is 20.8 Å². The second kappa shape index (κ2) is 11.1. The van der Waals surface area contributed by atoms with Crippen LogP contribution in [0.4, 0.5) is 34.1 Å². The van der Waals surface area contributed by atoms with E-state index < -0.39 is 0 Å². The minimum atomic E-state index is 0.0728. The van der Waals surface area contributed by atoms with Crippen LogP contribution in [0.25, 0.3) is 22.3 Å². The highest BCUT2D eigenvalue weighted by Gasteiger charge is 2.42. The minimum absolute atomic E-state index is 0.0728. The van der Waals surface area contributed by atoms with Gasteiger partial charge in [-0.1, -0.05) is 94.9 Å². The van der Waals surface area contributed by atoms with Crippen LogP contribution in [-0.2, 0) is 0 Å². The van der Waals surface area contributed by atoms with Gasteiger partial charge in [-0.05, 0) is 91.4 Å². The number of rotatable bonds is 4. The smallest absolute Gasteiger partial charge is 0.247 e. The standard InChI is InChI=1S/C43H33BN4/c1-28-22-29(2)42(30(3)23-28)44-36-19-18-32(34-12-9-21-46-27-34)25-41(36)48-39-16-5-4-15-38(39)47(40-17-7-14-37(44)43(40)48)35-13-6-10-31(24-35)33-11-8-20-45-26-33/h4-27H,1-3H3. The van der Waals surface area contributed by atoms with Gasteiger partial charge in [-0.2, -0.15) is 0 Å². The third kappa shape index (κ3) is 4.39. The lowest BCUT2D eigenvalue weighted by Gasteiger charge is -2.46. The second-order valence-corrected chi connectivity index (χ2v) is 12.9. The summed E-state index contributed by atoms with van der Waals surface area (Å²) < 4.78 is 0. The first kappa shape index (κ1) is 28.3. The molecule has 0 spiro atoms. The van der Waals surface area contributed by atoms with E-state index in [1.54, 1.807) is 0 Å². The Balaban J connectivity index is 1.34. The highest BCUT2D eigenvalue weighted by atomic mass is 15.3. The Kier molecular flexibility index (Phi) is 6.54. The molecule has 228 valence electrons. The quantitative estimate of drug-likeness (QED) is 0.185. The fraction of sp³-hybridized carbons (Fsp3) is 0.0698. The summed E-state index contributed by atoms with van der Waals surface area (Å²) >= 11 is 0. The van der Waals surface area contributed by atoms with E-state index in [2.05, 4.69) is 150 Å². The summed E-state index contributed by atoms with van der Waals surface area (Å²) in [6.07, 6.45) is 7.55. The summed E-state index contributed by atoms with van der Waals surface area (Å²) in [7, 11) is 0. The molecule has 0 saturated carbocycles. The van der Waals surface area contributed by atoms with Gasteiger partial charge in [-0.15, -0.1) is 0 Å². The molecule has 0 atom stereocenters. The number of hydrogen-bond acceptors (Lipinski definition) is 4. The highest BCUT2D eigenvalue weighted by Crippen LogP contribution is 2.54. The van der Waals surface area contributed by atoms with Gasteiger partial charge in [0.1, 0.15) is 0 Å². The Labute approximate surface area is 282 Å². The predicted molar refractivity (Wildman–Crippen MR) is 201 cm³/mol. The van der Waals surface area contributed by atoms with Crippen LogP contribution in [0.15, 0.2) is 146 Å². The molecule has 0 N–H and O–H groups in total. The van der Waals surface area contributed by atoms with Crippen molar-refractivity contribution in [3.8, 4) is 22.3 Å². The van der Waals surface area contributed by atoms with Crippen molar-refractivity contribution in [1.29, 1.82) is 0 Å². The summed E-state index contributed by atoms with van der Waals surface area (Å²) in [6.45, 7) is 6.81. The zero-order valence-corrected chi connectivity index (χ0v) is 27.2. The van der Waals surface area contributed by atoms with Crippen LogP contribution >= 0.6 is 0 Å². The summed E-state index contributed by atoms with van der Waals surface area (Å²) in [6, 6.07) is 44.4. The molecule has 0 amide bonds. The zero-order valence-electron chi connectivity index (χ0n) is 27.2. The third-order valence-electron chi connectivity index (χ3n) is 9.89. The van der Waals surface area contributed by atoms with E-state index in [-0.39, 0.29) is 6.71 Å². The number of hydrogen-bond donors (Lipinski definition) is 0. The van der Waals surface area contributed by atoms with Crippen molar-refractivity contribution in [1.82, 2.24) is 9.97 Å². The molecular weight excluding hydrogens is 583 g/mol. The van der Waals surface area contributed by atoms with Gasteiger partial charge in [0.15, 0.2) is 0 Å². The lowest BCUT2D eigenvalue weighted by atomic mass is 9.33. The van der Waals surface area contributed by atoms with Gasteiger partial charge in [0.2, 0.25) is 6.71 Å². The van der Waals surface area contributed by atoms with Crippen molar-refractivity contribution in [2.75, 3.05) is 9.80 Å². The third-order valence-corrected chi connectivity index (χ3v) is 9.89. The lowest BCUT2D eigenvalue weighted by molar-refractivity contribution is 1.17. The molecule has 2 aliphatic rings. The van der Waals surface area contributed by atoms with Crippen LogP contribution in [-0.4, -0.2) is 16.7 Å². The van der Waals surface area contributed by atoms with E-state index in [0.29, 0.717) is 0 Å². The van der Waals surface area contributed by atoms with E-state index in [4.69, 9.17) is 0 Å². The summed E-state index contributed by atoms with van der Waals surface area (Å²) in [5, 5.41) is 0. The molecule has 2 aliphatic heterocycles. The van der Waals surface area contributed by atoms with E-state index in [0.717, 1.165) is 39.3 Å². The number of fused-ring (bicyclic) bond motifs is 4. The largest absolute Gasteiger partial charge is 0.307 e. The van der Waals surface area contributed by atoms with Gasteiger partial charge < -0.3 is 9.80 Å². The average Bonchev–Trinajstić information content (AvgIpc) is 3.12. The van der Waals surface area contributed by atoms with Crippen LogP contribution in [0.2, 0.25) is 0 Å². The molecule has 4 heterocycles. The Hall–Kier alpha value is -5.94. The number of aromatic nitrogens is 2. The molecule has 0 unspecified atom stereocenters. The van der Waals surface area contributed by atoms with E-state index >= 15 is 0 Å². The first-order chi connectivity index (χ1) is 23.6.